The summed E-state index contributed by atoms with van der Waals surface area (Å²) in [7, 11) is 4.46. The molecule has 0 radical (unpaired) electrons. The second-order valence-electron chi connectivity index (χ2n) is 4.49. The molecule has 1 N–H and O–H groups in total. The molecule has 1 unspecified atom stereocenters. The first-order valence-electron chi connectivity index (χ1n) is 5.82. The number of nitrogens with zero attached hydrogens (tertiary/aromatic N) is 2. The van der Waals surface area contributed by atoms with Crippen LogP contribution >= 0.6 is 7.59 Å². The van der Waals surface area contributed by atoms with E-state index in [2.05, 4.69) is 11.7 Å². The van der Waals surface area contributed by atoms with Gasteiger partial charge in [0, 0.05) is 0 Å². The minimum Gasteiger partial charge on any atom is -0.271 e. The highest BCUT2D eigenvalue weighted by Gasteiger charge is 2.30. The largest absolute Gasteiger partial charge is 0.284 e. The molecule has 0 aromatic heterocycles. The van der Waals surface area contributed by atoms with Crippen molar-refractivity contribution in [1.82, 2.24) is 14.4 Å². The highest BCUT2D eigenvalue weighted by Crippen LogP contribution is 2.47. The van der Waals surface area contributed by atoms with Crippen molar-refractivity contribution in [2.45, 2.75) is 6.04 Å². The third kappa shape index (κ3) is 3.30. The molecule has 0 spiro atoms. The van der Waals surface area contributed by atoms with Crippen LogP contribution in [0.25, 0.3) is 0 Å². The van der Waals surface area contributed by atoms with Gasteiger partial charge in [-0.05, 0) is 33.8 Å². The molecule has 0 aliphatic carbocycles. The molecule has 0 bridgehead atoms. The summed E-state index contributed by atoms with van der Waals surface area (Å²) >= 11 is 0. The zero-order valence-corrected chi connectivity index (χ0v) is 12.4. The molecule has 0 saturated heterocycles. The topological polar surface area (TPSA) is 35.6 Å². The Hall–Kier alpha value is -0.930. The van der Waals surface area contributed by atoms with Gasteiger partial charge in [0.2, 0.25) is 0 Å². The van der Waals surface area contributed by atoms with Crippen molar-refractivity contribution < 1.29 is 4.57 Å². The third-order valence-corrected chi connectivity index (χ3v) is 5.57. The van der Waals surface area contributed by atoms with Crippen molar-refractivity contribution in [3.63, 3.8) is 0 Å². The normalized spacial score (nSPS) is 13.9. The molecule has 100 valence electrons. The van der Waals surface area contributed by atoms with Crippen molar-refractivity contribution in [1.29, 1.82) is 0 Å². The fourth-order valence-corrected chi connectivity index (χ4v) is 3.49. The lowest BCUT2D eigenvalue weighted by molar-refractivity contribution is 0.427. The summed E-state index contributed by atoms with van der Waals surface area (Å²) < 4.78 is 16.3. The van der Waals surface area contributed by atoms with E-state index in [1.807, 2.05) is 30.3 Å². The molecular formula is C13H22N3OP. The molecule has 0 heterocycles. The monoisotopic (exact) mass is 267 g/mol. The Labute approximate surface area is 110 Å². The Balaban J connectivity index is 2.99. The van der Waals surface area contributed by atoms with E-state index in [4.69, 9.17) is 0 Å². The molecule has 5 heteroatoms. The Bertz CT molecular complexity index is 419. The number of rotatable bonds is 6. The van der Waals surface area contributed by atoms with Crippen LogP contribution in [0.4, 0.5) is 0 Å². The summed E-state index contributed by atoms with van der Waals surface area (Å²) in [6.07, 6.45) is 1.77. The van der Waals surface area contributed by atoms with Crippen molar-refractivity contribution in [3.05, 3.63) is 48.6 Å². The van der Waals surface area contributed by atoms with Crippen LogP contribution in [0.5, 0.6) is 0 Å². The van der Waals surface area contributed by atoms with Crippen LogP contribution in [0.3, 0.4) is 0 Å². The van der Waals surface area contributed by atoms with Gasteiger partial charge in [-0.2, -0.15) is 0 Å². The van der Waals surface area contributed by atoms with E-state index in [0.29, 0.717) is 0 Å². The maximum absolute atomic E-state index is 12.8. The smallest absolute Gasteiger partial charge is 0.271 e. The van der Waals surface area contributed by atoms with E-state index < -0.39 is 7.59 Å². The van der Waals surface area contributed by atoms with Gasteiger partial charge >= 0.3 is 0 Å². The molecule has 0 fully saturated rings. The van der Waals surface area contributed by atoms with Gasteiger partial charge < -0.3 is 0 Å². The minimum atomic E-state index is -2.76. The van der Waals surface area contributed by atoms with E-state index in [1.165, 1.54) is 0 Å². The molecule has 1 aromatic carbocycles. The number of benzene rings is 1. The Morgan fingerprint density at radius 2 is 1.67 bits per heavy atom. The first-order valence-corrected chi connectivity index (χ1v) is 7.44. The number of hydrogen-bond acceptors (Lipinski definition) is 1. The van der Waals surface area contributed by atoms with Gasteiger partial charge in [-0.15, -0.1) is 6.58 Å². The van der Waals surface area contributed by atoms with Crippen molar-refractivity contribution in [2.24, 2.45) is 0 Å². The molecular weight excluding hydrogens is 245 g/mol. The lowest BCUT2D eigenvalue weighted by Gasteiger charge is -2.33. The first-order chi connectivity index (χ1) is 8.41. The quantitative estimate of drug-likeness (QED) is 0.635. The molecule has 18 heavy (non-hydrogen) atoms. The van der Waals surface area contributed by atoms with Crippen molar-refractivity contribution in [3.8, 4) is 0 Å². The Kier molecular flexibility index (Phi) is 5.29. The lowest BCUT2D eigenvalue weighted by atomic mass is 10.1. The Morgan fingerprint density at radius 1 is 1.17 bits per heavy atom. The van der Waals surface area contributed by atoms with Crippen LogP contribution in [-0.2, 0) is 4.57 Å². The van der Waals surface area contributed by atoms with Gasteiger partial charge in [0.05, 0.1) is 6.04 Å². The lowest BCUT2D eigenvalue weighted by Crippen LogP contribution is -2.32. The zero-order chi connectivity index (χ0) is 13.8. The SMILES string of the molecule is C=CC(NP(=O)(N(C)C)N(C)C)c1ccccc1. The molecule has 0 aliphatic rings. The summed E-state index contributed by atoms with van der Waals surface area (Å²) in [4.78, 5) is 0. The summed E-state index contributed by atoms with van der Waals surface area (Å²) in [5.41, 5.74) is 1.05. The fourth-order valence-electron chi connectivity index (χ4n) is 1.69. The summed E-state index contributed by atoms with van der Waals surface area (Å²) in [6.45, 7) is 3.82. The number of hydrogen-bond donors (Lipinski definition) is 1. The summed E-state index contributed by atoms with van der Waals surface area (Å²) in [5, 5.41) is 3.18. The molecule has 0 amide bonds. The van der Waals surface area contributed by atoms with Crippen molar-refractivity contribution >= 4 is 7.59 Å². The second-order valence-corrected chi connectivity index (χ2v) is 7.44. The maximum atomic E-state index is 12.8. The maximum Gasteiger partial charge on any atom is 0.284 e. The van der Waals surface area contributed by atoms with Crippen LogP contribution in [0.1, 0.15) is 11.6 Å². The molecule has 1 aromatic rings. The minimum absolute atomic E-state index is 0.137. The second kappa shape index (κ2) is 6.30. The van der Waals surface area contributed by atoms with Gasteiger partial charge in [-0.1, -0.05) is 36.4 Å². The zero-order valence-electron chi connectivity index (χ0n) is 11.5. The summed E-state index contributed by atoms with van der Waals surface area (Å²) in [5.74, 6) is 0. The van der Waals surface area contributed by atoms with E-state index in [9.17, 15) is 4.57 Å². The summed E-state index contributed by atoms with van der Waals surface area (Å²) in [6, 6.07) is 9.74. The average Bonchev–Trinajstić information content (AvgIpc) is 2.36. The average molecular weight is 267 g/mol. The number of nitrogens with one attached hydrogen (secondary N) is 1. The van der Waals surface area contributed by atoms with E-state index in [1.54, 1.807) is 43.6 Å². The standard InChI is InChI=1S/C13H22N3OP/c1-6-13(12-10-8-7-9-11-12)14-18(17,15(2)3)16(4)5/h6-11,13H,1H2,2-5H3,(H,14,17). The highest BCUT2D eigenvalue weighted by atomic mass is 31.2. The van der Waals surface area contributed by atoms with Crippen LogP contribution in [0, 0.1) is 0 Å². The first kappa shape index (κ1) is 15.1. The predicted molar refractivity (Wildman–Crippen MR) is 77.5 cm³/mol. The van der Waals surface area contributed by atoms with E-state index in [0.717, 1.165) is 5.56 Å². The third-order valence-electron chi connectivity index (χ3n) is 2.79. The molecule has 0 saturated carbocycles. The van der Waals surface area contributed by atoms with Gasteiger partial charge in [-0.25, -0.2) is 14.4 Å². The van der Waals surface area contributed by atoms with Crippen LogP contribution in [0.15, 0.2) is 43.0 Å². The molecule has 1 atom stereocenters. The Morgan fingerprint density at radius 3 is 2.06 bits per heavy atom. The van der Waals surface area contributed by atoms with Crippen LogP contribution < -0.4 is 5.09 Å². The van der Waals surface area contributed by atoms with Gasteiger partial charge in [0.1, 0.15) is 0 Å². The fraction of sp³-hybridized carbons (Fsp3) is 0.385. The van der Waals surface area contributed by atoms with E-state index in [-0.39, 0.29) is 6.04 Å². The molecule has 1 rings (SSSR count). The molecule has 4 nitrogen and oxygen atoms in total. The molecule has 0 aliphatic heterocycles. The predicted octanol–water partition coefficient (Wildman–Crippen LogP) is 2.73. The van der Waals surface area contributed by atoms with E-state index >= 15 is 0 Å². The van der Waals surface area contributed by atoms with Crippen LogP contribution in [-0.4, -0.2) is 37.5 Å². The van der Waals surface area contributed by atoms with Gasteiger partial charge in [0.15, 0.2) is 0 Å². The van der Waals surface area contributed by atoms with Gasteiger partial charge in [-0.3, -0.25) is 4.57 Å². The van der Waals surface area contributed by atoms with Crippen molar-refractivity contribution in [2.75, 3.05) is 28.2 Å². The van der Waals surface area contributed by atoms with Gasteiger partial charge in [0.25, 0.3) is 7.59 Å². The highest BCUT2D eigenvalue weighted by molar-refractivity contribution is 7.56. The van der Waals surface area contributed by atoms with Crippen LogP contribution in [0.2, 0.25) is 0 Å².